The van der Waals surface area contributed by atoms with Crippen LogP contribution < -0.4 is 5.32 Å². The molecule has 2 rings (SSSR count). The number of benzene rings is 1. The molecule has 1 saturated heterocycles. The second kappa shape index (κ2) is 7.74. The van der Waals surface area contributed by atoms with Gasteiger partial charge in [-0.15, -0.1) is 0 Å². The Morgan fingerprint density at radius 2 is 1.84 bits per heavy atom. The first-order valence-corrected chi connectivity index (χ1v) is 10.5. The summed E-state index contributed by atoms with van der Waals surface area (Å²) in [6.45, 7) is 6.84. The maximum absolute atomic E-state index is 12.0. The summed E-state index contributed by atoms with van der Waals surface area (Å²) in [6, 6.07) is 7.12. The van der Waals surface area contributed by atoms with Gasteiger partial charge in [0.25, 0.3) is 0 Å². The van der Waals surface area contributed by atoms with Crippen LogP contribution in [0.4, 0.5) is 4.79 Å². The molecule has 0 unspecified atom stereocenters. The highest BCUT2D eigenvalue weighted by Crippen LogP contribution is 2.26. The van der Waals surface area contributed by atoms with E-state index in [2.05, 4.69) is 24.1 Å². The van der Waals surface area contributed by atoms with E-state index in [9.17, 15) is 13.2 Å². The number of carbonyl (C=O) groups is 1. The van der Waals surface area contributed by atoms with E-state index in [1.165, 1.54) is 6.26 Å². The van der Waals surface area contributed by atoms with E-state index < -0.39 is 9.84 Å². The van der Waals surface area contributed by atoms with Crippen molar-refractivity contribution < 1.29 is 13.2 Å². The van der Waals surface area contributed by atoms with Gasteiger partial charge in [-0.25, -0.2) is 13.2 Å². The molecule has 2 amide bonds. The van der Waals surface area contributed by atoms with Crippen LogP contribution in [0.3, 0.4) is 0 Å². The molecule has 0 aliphatic carbocycles. The molecule has 6 nitrogen and oxygen atoms in total. The number of sulfone groups is 1. The highest BCUT2D eigenvalue weighted by atomic mass is 32.2. The molecule has 0 aromatic heterocycles. The monoisotopic (exact) mass is 367 g/mol. The molecule has 25 heavy (non-hydrogen) atoms. The highest BCUT2D eigenvalue weighted by molar-refractivity contribution is 7.90. The van der Waals surface area contributed by atoms with Gasteiger partial charge in [-0.05, 0) is 29.5 Å². The molecule has 1 aliphatic rings. The maximum atomic E-state index is 12.0. The number of likely N-dealkylation sites (tertiary alicyclic amines) is 1. The van der Waals surface area contributed by atoms with E-state index in [4.69, 9.17) is 0 Å². The molecule has 0 spiro atoms. The molecule has 0 radical (unpaired) electrons. The van der Waals surface area contributed by atoms with Gasteiger partial charge in [-0.3, -0.25) is 4.90 Å². The second-order valence-corrected chi connectivity index (χ2v) is 9.48. The van der Waals surface area contributed by atoms with Gasteiger partial charge in [-0.2, -0.15) is 0 Å². The SMILES string of the molecule is CC(C)[C@@H]1CN(Cc2ccc(S(C)(=O)=O)cc2)C[C@H]1NC(=O)N(C)C. The average molecular weight is 368 g/mol. The zero-order valence-corrected chi connectivity index (χ0v) is 16.5. The van der Waals surface area contributed by atoms with Gasteiger partial charge >= 0.3 is 6.03 Å². The van der Waals surface area contributed by atoms with Crippen molar-refractivity contribution in [2.45, 2.75) is 31.3 Å². The number of amides is 2. The summed E-state index contributed by atoms with van der Waals surface area (Å²) in [7, 11) is 0.329. The minimum absolute atomic E-state index is 0.0602. The average Bonchev–Trinajstić information content (AvgIpc) is 2.89. The third kappa shape index (κ3) is 5.19. The van der Waals surface area contributed by atoms with Gasteiger partial charge in [0.1, 0.15) is 0 Å². The number of carbonyl (C=O) groups excluding carboxylic acids is 1. The molecular weight excluding hydrogens is 338 g/mol. The molecule has 1 N–H and O–H groups in total. The van der Waals surface area contributed by atoms with E-state index in [-0.39, 0.29) is 12.1 Å². The third-order valence-electron chi connectivity index (χ3n) is 4.77. The number of nitrogens with zero attached hydrogens (tertiary/aromatic N) is 2. The first-order valence-electron chi connectivity index (χ1n) is 8.57. The lowest BCUT2D eigenvalue weighted by atomic mass is 9.91. The smallest absolute Gasteiger partial charge is 0.317 e. The van der Waals surface area contributed by atoms with E-state index in [1.54, 1.807) is 31.1 Å². The normalized spacial score (nSPS) is 21.5. The third-order valence-corrected chi connectivity index (χ3v) is 5.90. The zero-order valence-electron chi connectivity index (χ0n) is 15.7. The van der Waals surface area contributed by atoms with Crippen LogP contribution >= 0.6 is 0 Å². The Kier molecular flexibility index (Phi) is 6.11. The van der Waals surface area contributed by atoms with Crippen LogP contribution in [0.15, 0.2) is 29.2 Å². The van der Waals surface area contributed by atoms with Gasteiger partial charge in [-0.1, -0.05) is 26.0 Å². The first-order chi connectivity index (χ1) is 11.6. The van der Waals surface area contributed by atoms with E-state index in [0.717, 1.165) is 25.2 Å². The Morgan fingerprint density at radius 3 is 2.32 bits per heavy atom. The fourth-order valence-electron chi connectivity index (χ4n) is 3.26. The fraction of sp³-hybridized carbons (Fsp3) is 0.611. The van der Waals surface area contributed by atoms with Crippen molar-refractivity contribution in [3.63, 3.8) is 0 Å². The van der Waals surface area contributed by atoms with Crippen LogP contribution in [0, 0.1) is 11.8 Å². The summed E-state index contributed by atoms with van der Waals surface area (Å²) in [6.07, 6.45) is 1.22. The van der Waals surface area contributed by atoms with Gasteiger partial charge in [0.2, 0.25) is 0 Å². The summed E-state index contributed by atoms with van der Waals surface area (Å²) in [5.74, 6) is 0.879. The molecule has 1 heterocycles. The summed E-state index contributed by atoms with van der Waals surface area (Å²) < 4.78 is 23.1. The van der Waals surface area contributed by atoms with Crippen LogP contribution in [0.2, 0.25) is 0 Å². The van der Waals surface area contributed by atoms with Crippen molar-refractivity contribution in [1.82, 2.24) is 15.1 Å². The lowest BCUT2D eigenvalue weighted by Crippen LogP contribution is -2.46. The summed E-state index contributed by atoms with van der Waals surface area (Å²) in [5.41, 5.74) is 1.08. The molecule has 7 heteroatoms. The van der Waals surface area contributed by atoms with E-state index in [1.807, 2.05) is 12.1 Å². The maximum Gasteiger partial charge on any atom is 0.317 e. The van der Waals surface area contributed by atoms with Crippen LogP contribution in [0.1, 0.15) is 19.4 Å². The zero-order chi connectivity index (χ0) is 18.8. The second-order valence-electron chi connectivity index (χ2n) is 7.47. The predicted octanol–water partition coefficient (Wildman–Crippen LogP) is 1.82. The molecule has 140 valence electrons. The van der Waals surface area contributed by atoms with Gasteiger partial charge in [0, 0.05) is 46.0 Å². The molecule has 0 saturated carbocycles. The quantitative estimate of drug-likeness (QED) is 0.862. The Hall–Kier alpha value is -1.60. The van der Waals surface area contributed by atoms with Crippen LogP contribution in [-0.4, -0.2) is 63.7 Å². The Balaban J connectivity index is 2.04. The molecule has 1 aromatic carbocycles. The van der Waals surface area contributed by atoms with E-state index in [0.29, 0.717) is 16.7 Å². The van der Waals surface area contributed by atoms with Crippen molar-refractivity contribution in [1.29, 1.82) is 0 Å². The number of hydrogen-bond donors (Lipinski definition) is 1. The molecule has 1 aromatic rings. The van der Waals surface area contributed by atoms with Crippen molar-refractivity contribution in [3.8, 4) is 0 Å². The number of rotatable bonds is 5. The minimum Gasteiger partial charge on any atom is -0.334 e. The molecule has 0 bridgehead atoms. The summed E-state index contributed by atoms with van der Waals surface area (Å²) in [4.78, 5) is 16.2. The number of urea groups is 1. The molecular formula is C18H29N3O3S. The first kappa shape index (κ1) is 19.7. The lowest BCUT2D eigenvalue weighted by Gasteiger charge is -2.24. The van der Waals surface area contributed by atoms with Crippen LogP contribution in [-0.2, 0) is 16.4 Å². The Morgan fingerprint density at radius 1 is 1.24 bits per heavy atom. The van der Waals surface area contributed by atoms with Crippen molar-refractivity contribution in [2.24, 2.45) is 11.8 Å². The van der Waals surface area contributed by atoms with Crippen molar-refractivity contribution in [2.75, 3.05) is 33.4 Å². The standard InChI is InChI=1S/C18H29N3O3S/c1-13(2)16-11-21(12-17(16)19-18(22)20(3)4)10-14-6-8-15(9-7-14)25(5,23)24/h6-9,13,16-17H,10-12H2,1-5H3,(H,19,22)/t16-,17+/m0/s1. The van der Waals surface area contributed by atoms with Crippen molar-refractivity contribution >= 4 is 15.9 Å². The molecule has 1 aliphatic heterocycles. The summed E-state index contributed by atoms with van der Waals surface area (Å²) in [5, 5.41) is 3.12. The van der Waals surface area contributed by atoms with Crippen LogP contribution in [0.5, 0.6) is 0 Å². The van der Waals surface area contributed by atoms with Gasteiger partial charge < -0.3 is 10.2 Å². The van der Waals surface area contributed by atoms with Crippen molar-refractivity contribution in [3.05, 3.63) is 29.8 Å². The Bertz CT molecular complexity index is 699. The van der Waals surface area contributed by atoms with Crippen LogP contribution in [0.25, 0.3) is 0 Å². The Labute approximate surface area is 151 Å². The lowest BCUT2D eigenvalue weighted by molar-refractivity contribution is 0.207. The summed E-state index contributed by atoms with van der Waals surface area (Å²) >= 11 is 0. The fourth-order valence-corrected chi connectivity index (χ4v) is 3.89. The largest absolute Gasteiger partial charge is 0.334 e. The predicted molar refractivity (Wildman–Crippen MR) is 99.2 cm³/mol. The number of nitrogens with one attached hydrogen (secondary N) is 1. The minimum atomic E-state index is -3.16. The topological polar surface area (TPSA) is 69.7 Å². The number of hydrogen-bond acceptors (Lipinski definition) is 4. The van der Waals surface area contributed by atoms with E-state index >= 15 is 0 Å². The molecule has 1 fully saturated rings. The molecule has 2 atom stereocenters. The van der Waals surface area contributed by atoms with Gasteiger partial charge in [0.05, 0.1) is 4.90 Å². The van der Waals surface area contributed by atoms with Gasteiger partial charge in [0.15, 0.2) is 9.84 Å². The highest BCUT2D eigenvalue weighted by Gasteiger charge is 2.35.